The van der Waals surface area contributed by atoms with Crippen molar-refractivity contribution in [3.8, 4) is 22.9 Å². The maximum Gasteiger partial charge on any atom is 0.162 e. The van der Waals surface area contributed by atoms with Crippen LogP contribution in [0.1, 0.15) is 12.5 Å². The van der Waals surface area contributed by atoms with Gasteiger partial charge in [-0.15, -0.1) is 0 Å². The molecule has 0 fully saturated rings. The van der Waals surface area contributed by atoms with Crippen molar-refractivity contribution in [3.63, 3.8) is 0 Å². The Bertz CT molecular complexity index is 1110. The minimum absolute atomic E-state index is 0.610. The second-order valence-corrected chi connectivity index (χ2v) is 6.54. The molecule has 5 nitrogen and oxygen atoms in total. The van der Waals surface area contributed by atoms with Gasteiger partial charge in [0.2, 0.25) is 0 Å². The highest BCUT2D eigenvalue weighted by Crippen LogP contribution is 2.27. The number of methoxy groups -OCH3 is 1. The van der Waals surface area contributed by atoms with E-state index in [1.54, 1.807) is 7.11 Å². The van der Waals surface area contributed by atoms with Crippen LogP contribution in [-0.2, 0) is 6.54 Å². The molecule has 0 spiro atoms. The Labute approximate surface area is 170 Å². The highest BCUT2D eigenvalue weighted by Gasteiger charge is 2.10. The summed E-state index contributed by atoms with van der Waals surface area (Å²) in [5, 5.41) is 4.46. The third-order valence-electron chi connectivity index (χ3n) is 4.67. The van der Waals surface area contributed by atoms with Gasteiger partial charge in [0.15, 0.2) is 5.82 Å². The number of hydrogen-bond donors (Lipinski definition) is 1. The summed E-state index contributed by atoms with van der Waals surface area (Å²) in [6.45, 7) is 3.23. The maximum absolute atomic E-state index is 5.74. The SMILES string of the molecule is CCOc1ccccc1CNc1nc(-c2ccc(OC)cc2)nc2ccccc12. The zero-order valence-electron chi connectivity index (χ0n) is 16.6. The summed E-state index contributed by atoms with van der Waals surface area (Å²) in [4.78, 5) is 9.56. The predicted molar refractivity (Wildman–Crippen MR) is 116 cm³/mol. The van der Waals surface area contributed by atoms with Crippen LogP contribution in [0.15, 0.2) is 72.8 Å². The van der Waals surface area contributed by atoms with Crippen molar-refractivity contribution >= 4 is 16.7 Å². The fourth-order valence-electron chi connectivity index (χ4n) is 3.21. The third-order valence-corrected chi connectivity index (χ3v) is 4.67. The molecule has 0 atom stereocenters. The number of rotatable bonds is 7. The van der Waals surface area contributed by atoms with Crippen LogP contribution in [0.3, 0.4) is 0 Å². The minimum Gasteiger partial charge on any atom is -0.497 e. The molecule has 29 heavy (non-hydrogen) atoms. The lowest BCUT2D eigenvalue weighted by atomic mass is 10.1. The Morgan fingerprint density at radius 2 is 1.62 bits per heavy atom. The van der Waals surface area contributed by atoms with Gasteiger partial charge in [-0.3, -0.25) is 0 Å². The van der Waals surface area contributed by atoms with Crippen molar-refractivity contribution in [1.29, 1.82) is 0 Å². The number of aromatic nitrogens is 2. The monoisotopic (exact) mass is 385 g/mol. The summed E-state index contributed by atoms with van der Waals surface area (Å²) in [6, 6.07) is 23.8. The van der Waals surface area contributed by atoms with E-state index in [9.17, 15) is 0 Å². The van der Waals surface area contributed by atoms with Crippen molar-refractivity contribution in [2.24, 2.45) is 0 Å². The van der Waals surface area contributed by atoms with E-state index in [1.165, 1.54) is 0 Å². The molecule has 0 radical (unpaired) electrons. The molecule has 1 aromatic heterocycles. The van der Waals surface area contributed by atoms with Crippen LogP contribution in [-0.4, -0.2) is 23.7 Å². The van der Waals surface area contributed by atoms with Crippen molar-refractivity contribution < 1.29 is 9.47 Å². The average molecular weight is 385 g/mol. The number of fused-ring (bicyclic) bond motifs is 1. The lowest BCUT2D eigenvalue weighted by Crippen LogP contribution is -2.06. The number of nitrogens with one attached hydrogen (secondary N) is 1. The van der Waals surface area contributed by atoms with Gasteiger partial charge >= 0.3 is 0 Å². The Kier molecular flexibility index (Phi) is 5.56. The van der Waals surface area contributed by atoms with Crippen molar-refractivity contribution in [2.45, 2.75) is 13.5 Å². The Hall–Kier alpha value is -3.60. The van der Waals surface area contributed by atoms with E-state index in [-0.39, 0.29) is 0 Å². The number of nitrogens with zero attached hydrogens (tertiary/aromatic N) is 2. The van der Waals surface area contributed by atoms with Crippen LogP contribution in [0.4, 0.5) is 5.82 Å². The Balaban J connectivity index is 1.69. The van der Waals surface area contributed by atoms with Crippen LogP contribution in [0.5, 0.6) is 11.5 Å². The van der Waals surface area contributed by atoms with Gasteiger partial charge in [-0.2, -0.15) is 0 Å². The molecule has 146 valence electrons. The van der Waals surface area contributed by atoms with E-state index in [0.29, 0.717) is 19.0 Å². The van der Waals surface area contributed by atoms with E-state index in [1.807, 2.05) is 73.7 Å². The molecular formula is C24H23N3O2. The van der Waals surface area contributed by atoms with E-state index >= 15 is 0 Å². The molecule has 0 aliphatic heterocycles. The largest absolute Gasteiger partial charge is 0.497 e. The smallest absolute Gasteiger partial charge is 0.162 e. The molecule has 0 aliphatic rings. The van der Waals surface area contributed by atoms with E-state index in [2.05, 4.69) is 11.4 Å². The van der Waals surface area contributed by atoms with Gasteiger partial charge in [0.1, 0.15) is 17.3 Å². The molecular weight excluding hydrogens is 362 g/mol. The standard InChI is InChI=1S/C24H23N3O2/c1-3-29-22-11-7-4-8-18(22)16-25-24-20-9-5-6-10-21(20)26-23(27-24)17-12-14-19(28-2)15-13-17/h4-15H,3,16H2,1-2H3,(H,25,26,27). The van der Waals surface area contributed by atoms with E-state index in [0.717, 1.165) is 39.3 Å². The lowest BCUT2D eigenvalue weighted by Gasteiger charge is -2.13. The molecule has 4 rings (SSSR count). The van der Waals surface area contributed by atoms with Gasteiger partial charge in [0.25, 0.3) is 0 Å². The molecule has 0 aliphatic carbocycles. The summed E-state index contributed by atoms with van der Waals surface area (Å²) in [5.41, 5.74) is 2.92. The quantitative estimate of drug-likeness (QED) is 0.467. The van der Waals surface area contributed by atoms with E-state index in [4.69, 9.17) is 19.4 Å². The molecule has 1 N–H and O–H groups in total. The molecule has 0 saturated heterocycles. The summed E-state index contributed by atoms with van der Waals surface area (Å²) in [6.07, 6.45) is 0. The predicted octanol–water partition coefficient (Wildman–Crippen LogP) is 5.32. The topological polar surface area (TPSA) is 56.3 Å². The molecule has 0 amide bonds. The minimum atomic E-state index is 0.610. The first-order chi connectivity index (χ1) is 14.3. The van der Waals surface area contributed by atoms with Crippen molar-refractivity contribution in [2.75, 3.05) is 19.0 Å². The number of anilines is 1. The highest BCUT2D eigenvalue weighted by atomic mass is 16.5. The van der Waals surface area contributed by atoms with Crippen LogP contribution in [0.25, 0.3) is 22.3 Å². The zero-order valence-corrected chi connectivity index (χ0v) is 16.6. The first-order valence-corrected chi connectivity index (χ1v) is 9.64. The van der Waals surface area contributed by atoms with Crippen LogP contribution in [0, 0.1) is 0 Å². The number of ether oxygens (including phenoxy) is 2. The molecule has 0 bridgehead atoms. The zero-order chi connectivity index (χ0) is 20.1. The maximum atomic E-state index is 5.74. The van der Waals surface area contributed by atoms with Gasteiger partial charge in [-0.05, 0) is 49.4 Å². The van der Waals surface area contributed by atoms with Crippen LogP contribution < -0.4 is 14.8 Å². The molecule has 1 heterocycles. The third kappa shape index (κ3) is 4.14. The summed E-state index contributed by atoms with van der Waals surface area (Å²) >= 11 is 0. The van der Waals surface area contributed by atoms with Crippen molar-refractivity contribution in [3.05, 3.63) is 78.4 Å². The van der Waals surface area contributed by atoms with Crippen LogP contribution in [0.2, 0.25) is 0 Å². The second kappa shape index (κ2) is 8.61. The number of para-hydroxylation sites is 2. The number of hydrogen-bond acceptors (Lipinski definition) is 5. The van der Waals surface area contributed by atoms with Gasteiger partial charge in [-0.1, -0.05) is 30.3 Å². The molecule has 5 heteroatoms. The Morgan fingerprint density at radius 1 is 0.862 bits per heavy atom. The fraction of sp³-hybridized carbons (Fsp3) is 0.167. The van der Waals surface area contributed by atoms with Gasteiger partial charge in [-0.25, -0.2) is 9.97 Å². The van der Waals surface area contributed by atoms with Crippen molar-refractivity contribution in [1.82, 2.24) is 9.97 Å². The first-order valence-electron chi connectivity index (χ1n) is 9.64. The summed E-state index contributed by atoms with van der Waals surface area (Å²) in [5.74, 6) is 3.16. The van der Waals surface area contributed by atoms with Crippen LogP contribution >= 0.6 is 0 Å². The van der Waals surface area contributed by atoms with E-state index < -0.39 is 0 Å². The number of benzene rings is 3. The first kappa shape index (κ1) is 18.7. The van der Waals surface area contributed by atoms with Gasteiger partial charge < -0.3 is 14.8 Å². The Morgan fingerprint density at radius 3 is 2.41 bits per heavy atom. The van der Waals surface area contributed by atoms with Gasteiger partial charge in [0, 0.05) is 23.1 Å². The summed E-state index contributed by atoms with van der Waals surface area (Å²) in [7, 11) is 1.66. The lowest BCUT2D eigenvalue weighted by molar-refractivity contribution is 0.337. The molecule has 3 aromatic carbocycles. The average Bonchev–Trinajstić information content (AvgIpc) is 2.78. The molecule has 0 unspecified atom stereocenters. The molecule has 0 saturated carbocycles. The van der Waals surface area contributed by atoms with Gasteiger partial charge in [0.05, 0.1) is 19.2 Å². The highest BCUT2D eigenvalue weighted by molar-refractivity contribution is 5.90. The normalized spacial score (nSPS) is 10.7. The summed E-state index contributed by atoms with van der Waals surface area (Å²) < 4.78 is 11.0. The fourth-order valence-corrected chi connectivity index (χ4v) is 3.21. The second-order valence-electron chi connectivity index (χ2n) is 6.54. The molecule has 4 aromatic rings.